The van der Waals surface area contributed by atoms with E-state index in [-0.39, 0.29) is 5.41 Å². The molecule has 5 nitrogen and oxygen atoms in total. The Kier molecular flexibility index (Phi) is 4.75. The van der Waals surface area contributed by atoms with E-state index in [1.54, 1.807) is 0 Å². The summed E-state index contributed by atoms with van der Waals surface area (Å²) in [6.45, 7) is 11.5. The number of rotatable bonds is 4. The Bertz CT molecular complexity index is 797. The Morgan fingerprint density at radius 2 is 2.16 bits per heavy atom. The first-order chi connectivity index (χ1) is 11.8. The molecule has 0 saturated carbocycles. The quantitative estimate of drug-likeness (QED) is 0.929. The molecule has 0 fully saturated rings. The predicted molar refractivity (Wildman–Crippen MR) is 99.5 cm³/mol. The number of aryl methyl sites for hydroxylation is 1. The third-order valence-corrected chi connectivity index (χ3v) is 5.35. The summed E-state index contributed by atoms with van der Waals surface area (Å²) in [7, 11) is 1.95. The molecule has 5 heteroatoms. The normalized spacial score (nSPS) is 17.4. The molecule has 0 aliphatic carbocycles. The summed E-state index contributed by atoms with van der Waals surface area (Å²) >= 11 is 0. The van der Waals surface area contributed by atoms with E-state index in [1.807, 2.05) is 17.7 Å². The van der Waals surface area contributed by atoms with Gasteiger partial charge >= 0.3 is 0 Å². The summed E-state index contributed by atoms with van der Waals surface area (Å²) in [6, 6.07) is 4.24. The van der Waals surface area contributed by atoms with Gasteiger partial charge < -0.3 is 14.5 Å². The minimum atomic E-state index is 0.0944. The van der Waals surface area contributed by atoms with E-state index in [2.05, 4.69) is 49.8 Å². The molecule has 0 spiro atoms. The molecular weight excluding hydrogens is 310 g/mol. The van der Waals surface area contributed by atoms with Crippen LogP contribution in [-0.4, -0.2) is 20.7 Å². The van der Waals surface area contributed by atoms with Crippen LogP contribution in [0, 0.1) is 18.3 Å². The van der Waals surface area contributed by atoms with Crippen LogP contribution >= 0.6 is 0 Å². The molecule has 0 bridgehead atoms. The monoisotopic (exact) mass is 339 g/mol. The van der Waals surface area contributed by atoms with Gasteiger partial charge in [-0.05, 0) is 31.4 Å². The smallest absolute Gasteiger partial charge is 0.120 e. The zero-order valence-electron chi connectivity index (χ0n) is 16.1. The van der Waals surface area contributed by atoms with Gasteiger partial charge in [0.2, 0.25) is 0 Å². The molecule has 0 unspecified atom stereocenters. The highest BCUT2D eigenvalue weighted by atomic mass is 15.1. The topological polar surface area (TPSA) is 58.6 Å². The average Bonchev–Trinajstić information content (AvgIpc) is 3.12. The van der Waals surface area contributed by atoms with Crippen molar-refractivity contribution >= 4 is 0 Å². The van der Waals surface area contributed by atoms with Crippen LogP contribution in [-0.2, 0) is 25.6 Å². The number of aromatic nitrogens is 3. The molecule has 1 atom stereocenters. The second-order valence-electron chi connectivity index (χ2n) is 8.21. The fraction of sp³-hybridized carbons (Fsp3) is 0.600. The lowest BCUT2D eigenvalue weighted by atomic mass is 9.93. The first-order valence-electron chi connectivity index (χ1n) is 9.15. The molecule has 0 amide bonds. The molecule has 1 aliphatic heterocycles. The van der Waals surface area contributed by atoms with Gasteiger partial charge in [-0.1, -0.05) is 20.8 Å². The van der Waals surface area contributed by atoms with Gasteiger partial charge in [-0.3, -0.25) is 0 Å². The number of nitriles is 1. The Morgan fingerprint density at radius 1 is 1.40 bits per heavy atom. The molecule has 25 heavy (non-hydrogen) atoms. The van der Waals surface area contributed by atoms with E-state index in [4.69, 9.17) is 10.2 Å². The zero-order valence-corrected chi connectivity index (χ0v) is 16.1. The van der Waals surface area contributed by atoms with Crippen molar-refractivity contribution in [3.8, 4) is 6.07 Å². The van der Waals surface area contributed by atoms with E-state index in [9.17, 15) is 0 Å². The van der Waals surface area contributed by atoms with Crippen molar-refractivity contribution in [1.29, 1.82) is 5.26 Å². The van der Waals surface area contributed by atoms with Gasteiger partial charge in [0.25, 0.3) is 0 Å². The molecule has 1 N–H and O–H groups in total. The molecule has 3 heterocycles. The summed E-state index contributed by atoms with van der Waals surface area (Å²) in [5, 5.41) is 12.8. The van der Waals surface area contributed by atoms with E-state index >= 15 is 0 Å². The Hall–Kier alpha value is -2.06. The summed E-state index contributed by atoms with van der Waals surface area (Å²) in [4.78, 5) is 4.95. The van der Waals surface area contributed by atoms with Gasteiger partial charge in [0.15, 0.2) is 0 Å². The molecule has 0 radical (unpaired) electrons. The van der Waals surface area contributed by atoms with Gasteiger partial charge in [-0.15, -0.1) is 0 Å². The number of fused-ring (bicyclic) bond motifs is 1. The van der Waals surface area contributed by atoms with Gasteiger partial charge in [0.05, 0.1) is 5.69 Å². The highest BCUT2D eigenvalue weighted by molar-refractivity contribution is 5.34. The number of nitrogens with one attached hydrogen (secondary N) is 1. The fourth-order valence-corrected chi connectivity index (χ4v) is 3.56. The van der Waals surface area contributed by atoms with E-state index in [0.29, 0.717) is 5.92 Å². The molecule has 0 saturated heterocycles. The lowest BCUT2D eigenvalue weighted by Crippen LogP contribution is -2.26. The van der Waals surface area contributed by atoms with E-state index in [1.165, 1.54) is 29.9 Å². The van der Waals surface area contributed by atoms with E-state index < -0.39 is 0 Å². The van der Waals surface area contributed by atoms with Gasteiger partial charge in [-0.2, -0.15) is 5.26 Å². The molecule has 3 rings (SSSR count). The van der Waals surface area contributed by atoms with Crippen molar-refractivity contribution in [3.63, 3.8) is 0 Å². The molecule has 2 aromatic heterocycles. The van der Waals surface area contributed by atoms with Crippen LogP contribution < -0.4 is 5.32 Å². The number of imidazole rings is 1. The maximum absolute atomic E-state index is 9.16. The average molecular weight is 339 g/mol. The Labute approximate surface area is 150 Å². The highest BCUT2D eigenvalue weighted by Crippen LogP contribution is 2.30. The number of nitrogens with zero attached hydrogens (tertiary/aromatic N) is 4. The number of hydrogen-bond donors (Lipinski definition) is 1. The Balaban J connectivity index is 1.68. The van der Waals surface area contributed by atoms with E-state index in [0.717, 1.165) is 31.0 Å². The molecule has 2 aromatic rings. The summed E-state index contributed by atoms with van der Waals surface area (Å²) in [5.41, 5.74) is 4.36. The standard InChI is InChI=1S/C20H29N5/c1-14-16(9-17(10-21)24(14)5)12-22-11-15-7-6-8-25-13-18(20(2,3)4)23-19(15)25/h9,13,15,22H,6-8,11-12H2,1-5H3/t15-/m1/s1. The van der Waals surface area contributed by atoms with Crippen molar-refractivity contribution in [1.82, 2.24) is 19.4 Å². The van der Waals surface area contributed by atoms with Gasteiger partial charge in [0.1, 0.15) is 17.6 Å². The van der Waals surface area contributed by atoms with Crippen LogP contribution in [0.1, 0.15) is 68.0 Å². The minimum Gasteiger partial charge on any atom is -0.340 e. The van der Waals surface area contributed by atoms with Gasteiger partial charge in [0, 0.05) is 49.9 Å². The second-order valence-corrected chi connectivity index (χ2v) is 8.21. The summed E-state index contributed by atoms with van der Waals surface area (Å²) in [6.07, 6.45) is 4.63. The predicted octanol–water partition coefficient (Wildman–Crippen LogP) is 3.37. The Morgan fingerprint density at radius 3 is 2.80 bits per heavy atom. The van der Waals surface area contributed by atoms with Crippen LogP contribution in [0.3, 0.4) is 0 Å². The third-order valence-electron chi connectivity index (χ3n) is 5.35. The van der Waals surface area contributed by atoms with Crippen molar-refractivity contribution in [2.24, 2.45) is 7.05 Å². The van der Waals surface area contributed by atoms with Gasteiger partial charge in [-0.25, -0.2) is 4.98 Å². The molecule has 1 aliphatic rings. The zero-order chi connectivity index (χ0) is 18.2. The maximum Gasteiger partial charge on any atom is 0.120 e. The number of hydrogen-bond acceptors (Lipinski definition) is 3. The minimum absolute atomic E-state index is 0.0944. The van der Waals surface area contributed by atoms with Crippen molar-refractivity contribution in [2.45, 2.75) is 65.0 Å². The molecule has 134 valence electrons. The van der Waals surface area contributed by atoms with Crippen molar-refractivity contribution < 1.29 is 0 Å². The van der Waals surface area contributed by atoms with Crippen LogP contribution in [0.4, 0.5) is 0 Å². The van der Waals surface area contributed by atoms with Crippen LogP contribution in [0.2, 0.25) is 0 Å². The largest absolute Gasteiger partial charge is 0.340 e. The molecule has 0 aromatic carbocycles. The summed E-state index contributed by atoms with van der Waals surface area (Å²) in [5.74, 6) is 1.69. The van der Waals surface area contributed by atoms with Crippen molar-refractivity contribution in [3.05, 3.63) is 40.7 Å². The fourth-order valence-electron chi connectivity index (χ4n) is 3.56. The summed E-state index contributed by atoms with van der Waals surface area (Å²) < 4.78 is 4.30. The van der Waals surface area contributed by atoms with Crippen LogP contribution in [0.25, 0.3) is 0 Å². The SMILES string of the molecule is Cc1c(CNC[C@H]2CCCn3cc(C(C)(C)C)nc32)cc(C#N)n1C. The first-order valence-corrected chi connectivity index (χ1v) is 9.15. The van der Waals surface area contributed by atoms with Crippen LogP contribution in [0.15, 0.2) is 12.3 Å². The van der Waals surface area contributed by atoms with Crippen molar-refractivity contribution in [2.75, 3.05) is 6.54 Å². The second kappa shape index (κ2) is 6.68. The lowest BCUT2D eigenvalue weighted by Gasteiger charge is -2.23. The molecular formula is C20H29N5. The lowest BCUT2D eigenvalue weighted by molar-refractivity contribution is 0.422. The van der Waals surface area contributed by atoms with Crippen LogP contribution in [0.5, 0.6) is 0 Å². The first kappa shape index (κ1) is 17.8. The highest BCUT2D eigenvalue weighted by Gasteiger charge is 2.26. The third kappa shape index (κ3) is 3.50. The maximum atomic E-state index is 9.16.